The first-order valence-electron chi connectivity index (χ1n) is 13.0. The van der Waals surface area contributed by atoms with Gasteiger partial charge in [-0.1, -0.05) is 57.5 Å². The number of para-hydroxylation sites is 1. The van der Waals surface area contributed by atoms with E-state index in [9.17, 15) is 27.6 Å². The van der Waals surface area contributed by atoms with E-state index < -0.39 is 35.0 Å². The van der Waals surface area contributed by atoms with Gasteiger partial charge in [0, 0.05) is 29.9 Å². The van der Waals surface area contributed by atoms with Crippen LogP contribution in [0.25, 0.3) is 10.9 Å². The molecule has 3 aromatic rings. The standard InChI is InChI=1S/C29H30ClF3N4O3/c1-15-22-14-37(23(15)13-36(22)26(39)18-10-9-17(12-19(18)30)29(31,32)33)27(40)24(28(2,3)4)35-25(38)21-11-16-7-5-6-8-20(16)34-21/h5-12,15,22-24,34H,13-14H2,1-4H3,(H,35,38)/t15-,22-,23-,24-/m1/s1. The summed E-state index contributed by atoms with van der Waals surface area (Å²) in [6, 6.07) is 10.5. The Kier molecular flexibility index (Phi) is 6.89. The second-order valence-corrected chi connectivity index (χ2v) is 12.1. The van der Waals surface area contributed by atoms with Crippen molar-refractivity contribution < 1.29 is 27.6 Å². The zero-order valence-electron chi connectivity index (χ0n) is 22.5. The van der Waals surface area contributed by atoms with Crippen molar-refractivity contribution in [1.82, 2.24) is 20.1 Å². The van der Waals surface area contributed by atoms with Crippen molar-refractivity contribution in [2.75, 3.05) is 13.1 Å². The third-order valence-corrected chi connectivity index (χ3v) is 8.33. The molecule has 40 heavy (non-hydrogen) atoms. The van der Waals surface area contributed by atoms with Crippen LogP contribution >= 0.6 is 11.6 Å². The van der Waals surface area contributed by atoms with E-state index in [4.69, 9.17) is 11.6 Å². The number of aromatic nitrogens is 1. The highest BCUT2D eigenvalue weighted by molar-refractivity contribution is 6.34. The summed E-state index contributed by atoms with van der Waals surface area (Å²) in [4.78, 5) is 46.8. The van der Waals surface area contributed by atoms with Gasteiger partial charge >= 0.3 is 6.18 Å². The summed E-state index contributed by atoms with van der Waals surface area (Å²) in [5.74, 6) is -1.16. The van der Waals surface area contributed by atoms with Crippen LogP contribution in [-0.4, -0.2) is 63.7 Å². The minimum atomic E-state index is -4.57. The van der Waals surface area contributed by atoms with Gasteiger partial charge in [-0.25, -0.2) is 0 Å². The molecule has 212 valence electrons. The van der Waals surface area contributed by atoms with Crippen molar-refractivity contribution >= 4 is 40.2 Å². The fourth-order valence-corrected chi connectivity index (χ4v) is 6.01. The molecule has 2 aromatic carbocycles. The number of halogens is 4. The molecule has 0 spiro atoms. The molecule has 2 saturated heterocycles. The molecule has 11 heteroatoms. The molecule has 2 aliphatic heterocycles. The number of rotatable bonds is 4. The maximum Gasteiger partial charge on any atom is 0.416 e. The van der Waals surface area contributed by atoms with Crippen LogP contribution in [0.4, 0.5) is 13.2 Å². The van der Waals surface area contributed by atoms with E-state index in [1.165, 1.54) is 0 Å². The first kappa shape index (κ1) is 28.0. The maximum absolute atomic E-state index is 13.9. The molecule has 0 aliphatic carbocycles. The van der Waals surface area contributed by atoms with Crippen LogP contribution in [0.2, 0.25) is 5.02 Å². The number of piperazine rings is 1. The molecule has 0 unspecified atom stereocenters. The van der Waals surface area contributed by atoms with Crippen LogP contribution in [0.1, 0.15) is 54.1 Å². The summed E-state index contributed by atoms with van der Waals surface area (Å²) in [5, 5.41) is 3.53. The molecule has 4 atom stereocenters. The molecule has 1 aromatic heterocycles. The topological polar surface area (TPSA) is 85.5 Å². The Morgan fingerprint density at radius 1 is 1.00 bits per heavy atom. The number of benzene rings is 2. The van der Waals surface area contributed by atoms with Crippen LogP contribution in [-0.2, 0) is 11.0 Å². The number of hydrogen-bond donors (Lipinski definition) is 2. The van der Waals surface area contributed by atoms with Crippen molar-refractivity contribution in [1.29, 1.82) is 0 Å². The summed E-state index contributed by atoms with van der Waals surface area (Å²) >= 11 is 6.09. The first-order chi connectivity index (χ1) is 18.7. The summed E-state index contributed by atoms with van der Waals surface area (Å²) in [5.41, 5.74) is -0.373. The fourth-order valence-electron chi connectivity index (χ4n) is 5.75. The summed E-state index contributed by atoms with van der Waals surface area (Å²) in [6.07, 6.45) is -4.57. The van der Waals surface area contributed by atoms with Crippen LogP contribution in [0.15, 0.2) is 48.5 Å². The van der Waals surface area contributed by atoms with Crippen molar-refractivity contribution in [3.05, 3.63) is 70.4 Å². The largest absolute Gasteiger partial charge is 0.416 e. The minimum Gasteiger partial charge on any atom is -0.351 e. The third kappa shape index (κ3) is 4.93. The smallest absolute Gasteiger partial charge is 0.351 e. The number of amides is 3. The van der Waals surface area contributed by atoms with Crippen molar-refractivity contribution in [2.24, 2.45) is 11.3 Å². The van der Waals surface area contributed by atoms with E-state index >= 15 is 0 Å². The third-order valence-electron chi connectivity index (χ3n) is 8.02. The molecule has 2 fully saturated rings. The normalized spacial score (nSPS) is 21.6. The Labute approximate surface area is 234 Å². The molecule has 0 radical (unpaired) electrons. The quantitative estimate of drug-likeness (QED) is 0.440. The molecule has 5 rings (SSSR count). The number of fused-ring (bicyclic) bond motifs is 3. The average molecular weight is 575 g/mol. The average Bonchev–Trinajstić information content (AvgIpc) is 3.55. The monoisotopic (exact) mass is 574 g/mol. The lowest BCUT2D eigenvalue weighted by Gasteiger charge is -2.39. The predicted molar refractivity (Wildman–Crippen MR) is 145 cm³/mol. The number of carbonyl (C=O) groups is 3. The Morgan fingerprint density at radius 3 is 2.23 bits per heavy atom. The van der Waals surface area contributed by atoms with Gasteiger partial charge in [0.2, 0.25) is 5.91 Å². The van der Waals surface area contributed by atoms with Gasteiger partial charge in [0.05, 0.1) is 28.2 Å². The van der Waals surface area contributed by atoms with Gasteiger partial charge in [0.25, 0.3) is 11.8 Å². The SMILES string of the molecule is C[C@@H]1[C@H]2CN(C(=O)[C@@H](NC(=O)c3cc4ccccc4[nH]3)C(C)(C)C)[C@@H]1CN2C(=O)c1ccc(C(F)(F)F)cc1Cl. The molecule has 0 saturated carbocycles. The number of aromatic amines is 1. The summed E-state index contributed by atoms with van der Waals surface area (Å²) in [7, 11) is 0. The molecule has 2 aliphatic rings. The Bertz CT molecular complexity index is 1460. The number of likely N-dealkylation sites (tertiary alicyclic amines) is 2. The van der Waals surface area contributed by atoms with Crippen molar-refractivity contribution in [2.45, 2.75) is 52.0 Å². The zero-order valence-corrected chi connectivity index (χ0v) is 23.2. The van der Waals surface area contributed by atoms with E-state index in [0.717, 1.165) is 29.1 Å². The molecular weight excluding hydrogens is 545 g/mol. The second-order valence-electron chi connectivity index (χ2n) is 11.7. The highest BCUT2D eigenvalue weighted by Gasteiger charge is 2.54. The van der Waals surface area contributed by atoms with Crippen LogP contribution in [0.5, 0.6) is 0 Å². The van der Waals surface area contributed by atoms with Gasteiger partial charge in [0.1, 0.15) is 11.7 Å². The number of carbonyl (C=O) groups excluding carboxylic acids is 3. The van der Waals surface area contributed by atoms with Gasteiger partial charge in [-0.05, 0) is 35.7 Å². The molecule has 2 N–H and O–H groups in total. The summed E-state index contributed by atoms with van der Waals surface area (Å²) in [6.45, 7) is 8.05. The van der Waals surface area contributed by atoms with Gasteiger partial charge in [-0.15, -0.1) is 0 Å². The summed E-state index contributed by atoms with van der Waals surface area (Å²) < 4.78 is 39.1. The molecule has 2 bridgehead atoms. The minimum absolute atomic E-state index is 0.00883. The van der Waals surface area contributed by atoms with Crippen molar-refractivity contribution in [3.8, 4) is 0 Å². The van der Waals surface area contributed by atoms with Gasteiger partial charge in [-0.3, -0.25) is 14.4 Å². The number of nitrogens with zero attached hydrogens (tertiary/aromatic N) is 2. The van der Waals surface area contributed by atoms with Gasteiger partial charge in [-0.2, -0.15) is 13.2 Å². The van der Waals surface area contributed by atoms with Crippen LogP contribution in [0, 0.1) is 11.3 Å². The van der Waals surface area contributed by atoms with E-state index in [1.54, 1.807) is 15.9 Å². The van der Waals surface area contributed by atoms with E-state index in [1.807, 2.05) is 52.0 Å². The molecule has 3 heterocycles. The first-order valence-corrected chi connectivity index (χ1v) is 13.4. The van der Waals surface area contributed by atoms with Crippen LogP contribution in [0.3, 0.4) is 0 Å². The zero-order chi connectivity index (χ0) is 29.1. The fraction of sp³-hybridized carbons (Fsp3) is 0.414. The Morgan fingerprint density at radius 2 is 1.65 bits per heavy atom. The lowest BCUT2D eigenvalue weighted by atomic mass is 9.85. The number of nitrogens with one attached hydrogen (secondary N) is 2. The van der Waals surface area contributed by atoms with E-state index in [0.29, 0.717) is 5.69 Å². The van der Waals surface area contributed by atoms with E-state index in [-0.39, 0.29) is 47.6 Å². The predicted octanol–water partition coefficient (Wildman–Crippen LogP) is 5.36. The lowest BCUT2D eigenvalue weighted by Crippen LogP contribution is -2.59. The highest BCUT2D eigenvalue weighted by atomic mass is 35.5. The van der Waals surface area contributed by atoms with Crippen LogP contribution < -0.4 is 5.32 Å². The maximum atomic E-state index is 13.9. The molecular formula is C29H30ClF3N4O3. The van der Waals surface area contributed by atoms with Crippen molar-refractivity contribution in [3.63, 3.8) is 0 Å². The molecule has 7 nitrogen and oxygen atoms in total. The highest BCUT2D eigenvalue weighted by Crippen LogP contribution is 2.39. The van der Waals surface area contributed by atoms with Gasteiger partial charge in [0.15, 0.2) is 0 Å². The lowest BCUT2D eigenvalue weighted by molar-refractivity contribution is -0.138. The van der Waals surface area contributed by atoms with E-state index in [2.05, 4.69) is 10.3 Å². The second kappa shape index (κ2) is 9.83. The number of alkyl halides is 3. The number of H-pyrrole nitrogens is 1. The molecule has 3 amide bonds. The van der Waals surface area contributed by atoms with Gasteiger partial charge < -0.3 is 20.1 Å². The Balaban J connectivity index is 1.32. The number of hydrogen-bond acceptors (Lipinski definition) is 3. The Hall–Kier alpha value is -3.53.